The molecule has 1 aromatic heterocycles. The third kappa shape index (κ3) is 4.78. The fraction of sp³-hybridized carbons (Fsp3) is 0.529. The van der Waals surface area contributed by atoms with Crippen molar-refractivity contribution in [1.82, 2.24) is 14.4 Å². The van der Waals surface area contributed by atoms with E-state index in [9.17, 15) is 9.59 Å². The fourth-order valence-corrected chi connectivity index (χ4v) is 7.68. The zero-order valence-corrected chi connectivity index (χ0v) is 26.1. The molecule has 1 saturated carbocycles. The molecule has 0 N–H and O–H groups in total. The number of rotatable bonds is 5. The molecule has 6 rings (SSSR count). The second kappa shape index (κ2) is 10.1. The minimum Gasteiger partial charge on any atom is -0.496 e. The molecule has 3 aliphatic rings. The van der Waals surface area contributed by atoms with E-state index in [-0.39, 0.29) is 18.1 Å². The van der Waals surface area contributed by atoms with Crippen molar-refractivity contribution in [2.45, 2.75) is 65.8 Å². The third-order valence-corrected chi connectivity index (χ3v) is 9.84. The van der Waals surface area contributed by atoms with Crippen LogP contribution in [0.15, 0.2) is 42.6 Å². The van der Waals surface area contributed by atoms with Crippen molar-refractivity contribution in [3.63, 3.8) is 0 Å². The van der Waals surface area contributed by atoms with Crippen LogP contribution in [0.4, 0.5) is 4.79 Å². The highest BCUT2D eigenvalue weighted by Gasteiger charge is 2.67. The van der Waals surface area contributed by atoms with E-state index >= 15 is 0 Å². The number of methoxy groups -OCH3 is 2. The lowest BCUT2D eigenvalue weighted by atomic mass is 9.93. The van der Waals surface area contributed by atoms with Crippen molar-refractivity contribution in [1.29, 1.82) is 0 Å². The zero-order chi connectivity index (χ0) is 30.1. The minimum atomic E-state index is -0.594. The molecule has 42 heavy (non-hydrogen) atoms. The Balaban J connectivity index is 1.39. The van der Waals surface area contributed by atoms with Gasteiger partial charge in [-0.25, -0.2) is 9.59 Å². The van der Waals surface area contributed by atoms with Gasteiger partial charge in [-0.15, -0.1) is 0 Å². The van der Waals surface area contributed by atoms with E-state index in [1.165, 1.54) is 12.7 Å². The Labute approximate surface area is 248 Å². The lowest BCUT2D eigenvalue weighted by molar-refractivity contribution is 0.0209. The molecule has 2 aromatic carbocycles. The van der Waals surface area contributed by atoms with Gasteiger partial charge in [-0.1, -0.05) is 26.0 Å². The molecule has 2 aliphatic heterocycles. The van der Waals surface area contributed by atoms with E-state index in [1.54, 1.807) is 11.7 Å². The molecule has 8 nitrogen and oxygen atoms in total. The lowest BCUT2D eigenvalue weighted by Gasteiger charge is -2.46. The van der Waals surface area contributed by atoms with E-state index in [0.29, 0.717) is 29.5 Å². The quantitative estimate of drug-likeness (QED) is 0.345. The summed E-state index contributed by atoms with van der Waals surface area (Å²) in [5.41, 5.74) is 4.39. The number of benzene rings is 2. The molecule has 3 heterocycles. The van der Waals surface area contributed by atoms with Gasteiger partial charge in [0.1, 0.15) is 11.4 Å². The van der Waals surface area contributed by atoms with Crippen molar-refractivity contribution in [3.05, 3.63) is 64.8 Å². The highest BCUT2D eigenvalue weighted by molar-refractivity contribution is 5.95. The van der Waals surface area contributed by atoms with Gasteiger partial charge in [-0.05, 0) is 80.3 Å². The first-order chi connectivity index (χ1) is 19.8. The maximum absolute atomic E-state index is 13.2. The molecule has 8 heteroatoms. The van der Waals surface area contributed by atoms with Crippen molar-refractivity contribution in [2.24, 2.45) is 17.3 Å². The number of carbonyl (C=O) groups excluding carboxylic acids is 2. The van der Waals surface area contributed by atoms with Gasteiger partial charge in [0.2, 0.25) is 0 Å². The predicted octanol–water partition coefficient (Wildman–Crippen LogP) is 6.04. The Morgan fingerprint density at radius 3 is 2.38 bits per heavy atom. The molecular weight excluding hydrogens is 530 g/mol. The maximum atomic E-state index is 13.2. The highest BCUT2D eigenvalue weighted by atomic mass is 16.6. The highest BCUT2D eigenvalue weighted by Crippen LogP contribution is 2.65. The van der Waals surface area contributed by atoms with Gasteiger partial charge >= 0.3 is 12.1 Å². The molecule has 3 aromatic rings. The topological polar surface area (TPSA) is 73.2 Å². The van der Waals surface area contributed by atoms with E-state index in [4.69, 9.17) is 14.2 Å². The van der Waals surface area contributed by atoms with Gasteiger partial charge in [-0.3, -0.25) is 14.4 Å². The second-order valence-corrected chi connectivity index (χ2v) is 13.8. The SMILES string of the molecule is COC(=O)c1ccc([C@@H]2CN3C[C@H]4[C@@H]([C@H]3CN2Cc2c(OC)cc(C)c3c2ccn3C(=O)OC(C)(C)C)C4(C)C)cc1. The van der Waals surface area contributed by atoms with Gasteiger partial charge in [-0.2, -0.15) is 0 Å². The summed E-state index contributed by atoms with van der Waals surface area (Å²) in [5, 5.41) is 0.996. The van der Waals surface area contributed by atoms with Crippen LogP contribution in [0.2, 0.25) is 0 Å². The van der Waals surface area contributed by atoms with Crippen LogP contribution in [0.25, 0.3) is 10.9 Å². The number of carbonyl (C=O) groups is 2. The summed E-state index contributed by atoms with van der Waals surface area (Å²) in [6, 6.07) is 12.5. The normalized spacial score (nSPS) is 25.1. The Hall–Kier alpha value is -3.36. The number of hydrogen-bond acceptors (Lipinski definition) is 7. The average Bonchev–Trinajstić information content (AvgIpc) is 3.29. The summed E-state index contributed by atoms with van der Waals surface area (Å²) in [6.45, 7) is 16.2. The van der Waals surface area contributed by atoms with E-state index in [2.05, 4.69) is 35.8 Å². The molecule has 0 unspecified atom stereocenters. The predicted molar refractivity (Wildman–Crippen MR) is 162 cm³/mol. The molecule has 0 bridgehead atoms. The number of fused-ring (bicyclic) bond motifs is 4. The maximum Gasteiger partial charge on any atom is 0.419 e. The minimum absolute atomic E-state index is 0.141. The van der Waals surface area contributed by atoms with E-state index < -0.39 is 5.60 Å². The Morgan fingerprint density at radius 2 is 1.74 bits per heavy atom. The summed E-state index contributed by atoms with van der Waals surface area (Å²) < 4.78 is 18.2. The number of aromatic nitrogens is 1. The Bertz CT molecular complexity index is 1530. The zero-order valence-electron chi connectivity index (χ0n) is 26.1. The van der Waals surface area contributed by atoms with Gasteiger partial charge in [0.25, 0.3) is 0 Å². The lowest BCUT2D eigenvalue weighted by Crippen LogP contribution is -2.54. The standard InChI is InChI=1S/C34H43N3O5/c1-20-15-28(40-7)24(23-13-14-37(30(20)23)32(39)42-33(2,3)4)16-35-19-27-29-25(34(29,5)6)17-36(27)18-26(35)21-9-11-22(12-10-21)31(38)41-8/h9-15,25-27,29H,16-19H2,1-8H3/t25-,26-,27+,29-/m0/s1. The molecule has 4 atom stereocenters. The van der Waals surface area contributed by atoms with Crippen LogP contribution >= 0.6 is 0 Å². The first-order valence-corrected chi connectivity index (χ1v) is 14.9. The number of hydrogen-bond donors (Lipinski definition) is 0. The third-order valence-electron chi connectivity index (χ3n) is 9.84. The number of aryl methyl sites for hydroxylation is 1. The van der Waals surface area contributed by atoms with Gasteiger partial charge < -0.3 is 14.2 Å². The van der Waals surface area contributed by atoms with Crippen LogP contribution in [-0.2, 0) is 16.0 Å². The second-order valence-electron chi connectivity index (χ2n) is 13.8. The summed E-state index contributed by atoms with van der Waals surface area (Å²) in [6.07, 6.45) is 1.42. The Kier molecular flexibility index (Phi) is 6.93. The summed E-state index contributed by atoms with van der Waals surface area (Å²) >= 11 is 0. The summed E-state index contributed by atoms with van der Waals surface area (Å²) in [5.74, 6) is 1.94. The van der Waals surface area contributed by atoms with Gasteiger partial charge in [0, 0.05) is 55.4 Å². The van der Waals surface area contributed by atoms with E-state index in [1.807, 2.05) is 58.2 Å². The summed E-state index contributed by atoms with van der Waals surface area (Å²) in [7, 11) is 3.12. The molecule has 2 saturated heterocycles. The van der Waals surface area contributed by atoms with Crippen molar-refractivity contribution >= 4 is 23.0 Å². The van der Waals surface area contributed by atoms with Crippen LogP contribution in [0, 0.1) is 24.2 Å². The fourth-order valence-electron chi connectivity index (χ4n) is 7.68. The van der Waals surface area contributed by atoms with Crippen molar-refractivity contribution in [2.75, 3.05) is 33.9 Å². The Morgan fingerprint density at radius 1 is 1.02 bits per heavy atom. The first kappa shape index (κ1) is 28.7. The number of ether oxygens (including phenoxy) is 3. The van der Waals surface area contributed by atoms with Crippen LogP contribution in [0.5, 0.6) is 5.75 Å². The molecule has 3 fully saturated rings. The number of piperidine rings is 1. The molecule has 0 spiro atoms. The van der Waals surface area contributed by atoms with Crippen LogP contribution < -0.4 is 4.74 Å². The van der Waals surface area contributed by atoms with Gasteiger partial charge in [0.15, 0.2) is 0 Å². The molecule has 0 radical (unpaired) electrons. The number of piperazine rings is 1. The van der Waals surface area contributed by atoms with Crippen LogP contribution in [0.3, 0.4) is 0 Å². The summed E-state index contributed by atoms with van der Waals surface area (Å²) in [4.78, 5) is 30.5. The number of nitrogens with zero attached hydrogens (tertiary/aromatic N) is 3. The van der Waals surface area contributed by atoms with Crippen LogP contribution in [-0.4, -0.2) is 71.9 Å². The van der Waals surface area contributed by atoms with E-state index in [0.717, 1.165) is 53.3 Å². The first-order valence-electron chi connectivity index (χ1n) is 14.9. The number of esters is 1. The largest absolute Gasteiger partial charge is 0.496 e. The van der Waals surface area contributed by atoms with Crippen molar-refractivity contribution in [3.8, 4) is 5.75 Å². The van der Waals surface area contributed by atoms with Crippen molar-refractivity contribution < 1.29 is 23.8 Å². The molecule has 0 amide bonds. The molecule has 224 valence electrons. The smallest absolute Gasteiger partial charge is 0.419 e. The van der Waals surface area contributed by atoms with Gasteiger partial charge in [0.05, 0.1) is 25.3 Å². The average molecular weight is 574 g/mol. The molecule has 1 aliphatic carbocycles. The van der Waals surface area contributed by atoms with Crippen LogP contribution in [0.1, 0.15) is 67.7 Å². The monoisotopic (exact) mass is 573 g/mol. The molecular formula is C34H43N3O5.